The summed E-state index contributed by atoms with van der Waals surface area (Å²) in [6.07, 6.45) is 0. The normalized spacial score (nSPS) is 10.3. The highest BCUT2D eigenvalue weighted by Crippen LogP contribution is 2.20. The van der Waals surface area contributed by atoms with Crippen LogP contribution in [0.4, 0.5) is 11.4 Å². The molecule has 2 rings (SSSR count). The Morgan fingerprint density at radius 2 is 2.15 bits per heavy atom. The Hall–Kier alpha value is -2.50. The number of nitrogen functional groups attached to an aromatic ring is 1. The van der Waals surface area contributed by atoms with E-state index in [1.807, 2.05) is 13.8 Å². The molecular formula is C14H18N4O2. The molecule has 0 atom stereocenters. The molecule has 1 heterocycles. The molecule has 0 aliphatic heterocycles. The molecule has 0 saturated carbocycles. The Labute approximate surface area is 117 Å². The summed E-state index contributed by atoms with van der Waals surface area (Å²) in [5.41, 5.74) is 8.38. The largest absolute Gasteiger partial charge is 0.444 e. The minimum atomic E-state index is -0.174. The van der Waals surface area contributed by atoms with Crippen molar-refractivity contribution in [2.45, 2.75) is 20.4 Å². The van der Waals surface area contributed by atoms with Crippen LogP contribution in [-0.4, -0.2) is 17.9 Å². The third-order valence-electron chi connectivity index (χ3n) is 3.02. The molecule has 0 aliphatic rings. The monoisotopic (exact) mass is 274 g/mol. The first-order chi connectivity index (χ1) is 9.51. The smallest absolute Gasteiger partial charge is 0.253 e. The molecule has 1 aromatic carbocycles. The second kappa shape index (κ2) is 5.64. The van der Waals surface area contributed by atoms with Crippen LogP contribution in [0.3, 0.4) is 0 Å². The van der Waals surface area contributed by atoms with E-state index in [1.165, 1.54) is 0 Å². The average molecular weight is 274 g/mol. The van der Waals surface area contributed by atoms with Gasteiger partial charge in [-0.1, -0.05) is 0 Å². The first-order valence-corrected chi connectivity index (χ1v) is 6.29. The van der Waals surface area contributed by atoms with E-state index >= 15 is 0 Å². The third kappa shape index (κ3) is 2.90. The van der Waals surface area contributed by atoms with Crippen LogP contribution in [0.25, 0.3) is 0 Å². The molecule has 0 bridgehead atoms. The lowest BCUT2D eigenvalue weighted by Crippen LogP contribution is -2.19. The van der Waals surface area contributed by atoms with Crippen LogP contribution in [0.15, 0.2) is 22.6 Å². The SMILES string of the molecule is CNC(=O)c1ccc(N)cc1NCc1nc(C)c(C)o1. The molecule has 4 N–H and O–H groups in total. The zero-order chi connectivity index (χ0) is 14.7. The zero-order valence-corrected chi connectivity index (χ0v) is 11.8. The molecular weight excluding hydrogens is 256 g/mol. The number of oxazole rings is 1. The maximum Gasteiger partial charge on any atom is 0.253 e. The quantitative estimate of drug-likeness (QED) is 0.740. The highest BCUT2D eigenvalue weighted by molar-refractivity contribution is 6.00. The molecule has 0 radical (unpaired) electrons. The average Bonchev–Trinajstić information content (AvgIpc) is 2.75. The summed E-state index contributed by atoms with van der Waals surface area (Å²) in [6.45, 7) is 4.14. The molecule has 6 nitrogen and oxygen atoms in total. The maximum absolute atomic E-state index is 11.8. The van der Waals surface area contributed by atoms with E-state index in [1.54, 1.807) is 25.2 Å². The lowest BCUT2D eigenvalue weighted by atomic mass is 10.1. The van der Waals surface area contributed by atoms with E-state index in [9.17, 15) is 4.79 Å². The summed E-state index contributed by atoms with van der Waals surface area (Å²) in [7, 11) is 1.59. The molecule has 1 aromatic heterocycles. The van der Waals surface area contributed by atoms with Crippen molar-refractivity contribution in [3.63, 3.8) is 0 Å². The summed E-state index contributed by atoms with van der Waals surface area (Å²) in [6, 6.07) is 5.09. The van der Waals surface area contributed by atoms with Crippen molar-refractivity contribution >= 4 is 17.3 Å². The molecule has 1 amide bonds. The van der Waals surface area contributed by atoms with Crippen LogP contribution >= 0.6 is 0 Å². The van der Waals surface area contributed by atoms with Crippen molar-refractivity contribution in [1.82, 2.24) is 10.3 Å². The van der Waals surface area contributed by atoms with Gasteiger partial charge in [0.05, 0.1) is 17.8 Å². The number of hydrogen-bond donors (Lipinski definition) is 3. The summed E-state index contributed by atoms with van der Waals surface area (Å²) in [4.78, 5) is 16.1. The van der Waals surface area contributed by atoms with E-state index in [-0.39, 0.29) is 5.91 Å². The molecule has 6 heteroatoms. The maximum atomic E-state index is 11.8. The van der Waals surface area contributed by atoms with Gasteiger partial charge in [-0.25, -0.2) is 4.98 Å². The summed E-state index contributed by atoms with van der Waals surface area (Å²) >= 11 is 0. The van der Waals surface area contributed by atoms with E-state index in [0.29, 0.717) is 29.4 Å². The molecule has 106 valence electrons. The fraction of sp³-hybridized carbons (Fsp3) is 0.286. The number of amides is 1. The van der Waals surface area contributed by atoms with Gasteiger partial charge in [-0.05, 0) is 32.0 Å². The molecule has 0 aliphatic carbocycles. The summed E-state index contributed by atoms with van der Waals surface area (Å²) < 4.78 is 5.49. The van der Waals surface area contributed by atoms with E-state index < -0.39 is 0 Å². The highest BCUT2D eigenvalue weighted by Gasteiger charge is 2.11. The molecule has 20 heavy (non-hydrogen) atoms. The number of anilines is 2. The molecule has 0 spiro atoms. The van der Waals surface area contributed by atoms with Gasteiger partial charge in [-0.3, -0.25) is 4.79 Å². The van der Waals surface area contributed by atoms with Crippen LogP contribution in [0.5, 0.6) is 0 Å². The van der Waals surface area contributed by atoms with Crippen molar-refractivity contribution in [3.8, 4) is 0 Å². The number of nitrogens with one attached hydrogen (secondary N) is 2. The minimum absolute atomic E-state index is 0.174. The second-order valence-electron chi connectivity index (χ2n) is 4.49. The van der Waals surface area contributed by atoms with E-state index in [2.05, 4.69) is 15.6 Å². The number of hydrogen-bond acceptors (Lipinski definition) is 5. The van der Waals surface area contributed by atoms with E-state index in [0.717, 1.165) is 11.5 Å². The fourth-order valence-corrected chi connectivity index (χ4v) is 1.83. The van der Waals surface area contributed by atoms with Crippen LogP contribution in [0.2, 0.25) is 0 Å². The third-order valence-corrected chi connectivity index (χ3v) is 3.02. The van der Waals surface area contributed by atoms with Gasteiger partial charge in [0.15, 0.2) is 0 Å². The molecule has 0 saturated heterocycles. The number of carbonyl (C=O) groups excluding carboxylic acids is 1. The standard InChI is InChI=1S/C14H18N4O2/c1-8-9(2)20-13(18-8)7-17-12-6-10(15)4-5-11(12)14(19)16-3/h4-6,17H,7,15H2,1-3H3,(H,16,19). The van der Waals surface area contributed by atoms with Crippen LogP contribution < -0.4 is 16.4 Å². The van der Waals surface area contributed by atoms with Gasteiger partial charge in [0, 0.05) is 18.4 Å². The number of benzene rings is 1. The molecule has 2 aromatic rings. The van der Waals surface area contributed by atoms with Crippen molar-refractivity contribution in [2.24, 2.45) is 0 Å². The van der Waals surface area contributed by atoms with Gasteiger partial charge in [0.2, 0.25) is 5.89 Å². The van der Waals surface area contributed by atoms with Crippen LogP contribution in [0, 0.1) is 13.8 Å². The van der Waals surface area contributed by atoms with Crippen molar-refractivity contribution in [3.05, 3.63) is 41.1 Å². The number of aryl methyl sites for hydroxylation is 2. The van der Waals surface area contributed by atoms with Crippen molar-refractivity contribution < 1.29 is 9.21 Å². The minimum Gasteiger partial charge on any atom is -0.444 e. The summed E-state index contributed by atoms with van der Waals surface area (Å²) in [5, 5.41) is 5.72. The van der Waals surface area contributed by atoms with Crippen LogP contribution in [-0.2, 0) is 6.54 Å². The van der Waals surface area contributed by atoms with Gasteiger partial charge in [-0.2, -0.15) is 0 Å². The lowest BCUT2D eigenvalue weighted by molar-refractivity contribution is 0.0964. The predicted molar refractivity (Wildman–Crippen MR) is 77.5 cm³/mol. The number of nitrogens with two attached hydrogens (primary N) is 1. The topological polar surface area (TPSA) is 93.2 Å². The molecule has 0 unspecified atom stereocenters. The Kier molecular flexibility index (Phi) is 3.93. The van der Waals surface area contributed by atoms with Crippen molar-refractivity contribution in [2.75, 3.05) is 18.1 Å². The van der Waals surface area contributed by atoms with Gasteiger partial charge in [-0.15, -0.1) is 0 Å². The van der Waals surface area contributed by atoms with E-state index in [4.69, 9.17) is 10.2 Å². The zero-order valence-electron chi connectivity index (χ0n) is 11.8. The molecule has 0 fully saturated rings. The number of aromatic nitrogens is 1. The van der Waals surface area contributed by atoms with Gasteiger partial charge in [0.25, 0.3) is 5.91 Å². The first-order valence-electron chi connectivity index (χ1n) is 6.29. The van der Waals surface area contributed by atoms with Gasteiger partial charge >= 0.3 is 0 Å². The van der Waals surface area contributed by atoms with Gasteiger partial charge in [0.1, 0.15) is 5.76 Å². The summed E-state index contributed by atoms with van der Waals surface area (Å²) in [5.74, 6) is 1.19. The number of rotatable bonds is 4. The van der Waals surface area contributed by atoms with Gasteiger partial charge < -0.3 is 20.8 Å². The Morgan fingerprint density at radius 3 is 2.75 bits per heavy atom. The second-order valence-corrected chi connectivity index (χ2v) is 4.49. The first kappa shape index (κ1) is 13.9. The number of carbonyl (C=O) groups is 1. The van der Waals surface area contributed by atoms with Crippen LogP contribution in [0.1, 0.15) is 27.7 Å². The Bertz CT molecular complexity index is 615. The number of nitrogens with zero attached hydrogens (tertiary/aromatic N) is 1. The van der Waals surface area contributed by atoms with Crippen molar-refractivity contribution in [1.29, 1.82) is 0 Å². The highest BCUT2D eigenvalue weighted by atomic mass is 16.4. The lowest BCUT2D eigenvalue weighted by Gasteiger charge is -2.10. The predicted octanol–water partition coefficient (Wildman–Crippen LogP) is 1.85. The Balaban J connectivity index is 2.19. The fourth-order valence-electron chi connectivity index (χ4n) is 1.83. The Morgan fingerprint density at radius 1 is 1.40 bits per heavy atom.